The minimum Gasteiger partial charge on any atom is -0.309 e. The number of rotatable bonds is 2. The second kappa shape index (κ2) is 4.91. The maximum absolute atomic E-state index is 13.8. The third-order valence-electron chi connectivity index (χ3n) is 3.82. The molecule has 1 fully saturated rings. The second-order valence-electron chi connectivity index (χ2n) is 5.17. The van der Waals surface area contributed by atoms with Gasteiger partial charge < -0.3 is 4.90 Å². The fourth-order valence-corrected chi connectivity index (χ4v) is 2.79. The SMILES string of the molecule is O=C1CC(CC(=O)N2CCc3c(F)ccc(F)c32)C(=O)N1. The van der Waals surface area contributed by atoms with Crippen molar-refractivity contribution in [2.24, 2.45) is 5.92 Å². The number of nitrogens with zero attached hydrogens (tertiary/aromatic N) is 1. The number of carbonyl (C=O) groups is 3. The molecule has 0 bridgehead atoms. The molecular weight excluding hydrogens is 282 g/mol. The van der Waals surface area contributed by atoms with Gasteiger partial charge in [0.1, 0.15) is 11.6 Å². The fraction of sp³-hybridized carbons (Fsp3) is 0.357. The third-order valence-corrected chi connectivity index (χ3v) is 3.82. The predicted octanol–water partition coefficient (Wildman–Crippen LogP) is 0.907. The first-order chi connectivity index (χ1) is 9.97. The first-order valence-corrected chi connectivity index (χ1v) is 6.58. The van der Waals surface area contributed by atoms with E-state index in [-0.39, 0.29) is 37.1 Å². The minimum absolute atomic E-state index is 0.0447. The summed E-state index contributed by atoms with van der Waals surface area (Å²) in [6.07, 6.45) is 0.00430. The molecule has 1 aromatic rings. The van der Waals surface area contributed by atoms with E-state index in [2.05, 4.69) is 5.32 Å². The Labute approximate surface area is 118 Å². The van der Waals surface area contributed by atoms with Crippen LogP contribution in [0.2, 0.25) is 0 Å². The molecule has 3 rings (SSSR count). The lowest BCUT2D eigenvalue weighted by molar-refractivity contribution is -0.128. The topological polar surface area (TPSA) is 66.5 Å². The quantitative estimate of drug-likeness (QED) is 0.824. The standard InChI is InChI=1S/C14H12F2N2O3/c15-9-1-2-10(16)13-8(9)3-4-18(13)12(20)6-7-5-11(19)17-14(7)21/h1-2,7H,3-6H2,(H,17,19,21). The number of nitrogens with one attached hydrogen (secondary N) is 1. The molecule has 7 heteroatoms. The molecule has 2 aliphatic heterocycles. The minimum atomic E-state index is -0.731. The van der Waals surface area contributed by atoms with Crippen LogP contribution in [0.25, 0.3) is 0 Å². The lowest BCUT2D eigenvalue weighted by Gasteiger charge is -2.19. The van der Waals surface area contributed by atoms with Crippen molar-refractivity contribution in [1.29, 1.82) is 0 Å². The van der Waals surface area contributed by atoms with Gasteiger partial charge in [-0.3, -0.25) is 19.7 Å². The second-order valence-corrected chi connectivity index (χ2v) is 5.17. The van der Waals surface area contributed by atoms with E-state index in [0.29, 0.717) is 0 Å². The van der Waals surface area contributed by atoms with E-state index in [1.807, 2.05) is 0 Å². The van der Waals surface area contributed by atoms with Gasteiger partial charge in [0.15, 0.2) is 0 Å². The van der Waals surface area contributed by atoms with Crippen LogP contribution in [0.5, 0.6) is 0 Å². The van der Waals surface area contributed by atoms with Gasteiger partial charge in [-0.2, -0.15) is 0 Å². The van der Waals surface area contributed by atoms with E-state index in [1.54, 1.807) is 0 Å². The highest BCUT2D eigenvalue weighted by Crippen LogP contribution is 2.34. The third kappa shape index (κ3) is 2.28. The van der Waals surface area contributed by atoms with Gasteiger partial charge in [0.05, 0.1) is 11.6 Å². The highest BCUT2D eigenvalue weighted by molar-refractivity contribution is 6.06. The molecule has 3 amide bonds. The molecule has 21 heavy (non-hydrogen) atoms. The van der Waals surface area contributed by atoms with E-state index in [9.17, 15) is 23.2 Å². The van der Waals surface area contributed by atoms with Gasteiger partial charge in [-0.25, -0.2) is 8.78 Å². The first-order valence-electron chi connectivity index (χ1n) is 6.58. The summed E-state index contributed by atoms with van der Waals surface area (Å²) < 4.78 is 27.5. The number of anilines is 1. The van der Waals surface area contributed by atoms with Gasteiger partial charge in [-0.15, -0.1) is 0 Å². The van der Waals surface area contributed by atoms with Crippen molar-refractivity contribution in [2.75, 3.05) is 11.4 Å². The summed E-state index contributed by atoms with van der Waals surface area (Å²) in [6.45, 7) is 0.175. The number of carbonyl (C=O) groups excluding carboxylic acids is 3. The van der Waals surface area contributed by atoms with Crippen LogP contribution in [-0.2, 0) is 20.8 Å². The Hall–Kier alpha value is -2.31. The monoisotopic (exact) mass is 294 g/mol. The van der Waals surface area contributed by atoms with E-state index in [1.165, 1.54) is 0 Å². The van der Waals surface area contributed by atoms with Crippen molar-refractivity contribution in [3.8, 4) is 0 Å². The van der Waals surface area contributed by atoms with Crippen LogP contribution in [0, 0.1) is 17.6 Å². The Bertz CT molecular complexity index is 660. The van der Waals surface area contributed by atoms with Gasteiger partial charge in [-0.05, 0) is 18.6 Å². The molecular formula is C14H12F2N2O3. The van der Waals surface area contributed by atoms with Crippen molar-refractivity contribution in [1.82, 2.24) is 5.32 Å². The van der Waals surface area contributed by atoms with Crippen molar-refractivity contribution < 1.29 is 23.2 Å². The first kappa shape index (κ1) is 13.7. The zero-order chi connectivity index (χ0) is 15.1. The molecule has 0 saturated carbocycles. The zero-order valence-corrected chi connectivity index (χ0v) is 11.0. The Kier molecular flexibility index (Phi) is 3.19. The van der Waals surface area contributed by atoms with Crippen LogP contribution < -0.4 is 10.2 Å². The Morgan fingerprint density at radius 2 is 2.00 bits per heavy atom. The van der Waals surface area contributed by atoms with Gasteiger partial charge in [0, 0.05) is 24.9 Å². The summed E-state index contributed by atoms with van der Waals surface area (Å²) in [7, 11) is 0. The fourth-order valence-electron chi connectivity index (χ4n) is 2.79. The van der Waals surface area contributed by atoms with Crippen LogP contribution in [0.3, 0.4) is 0 Å². The Morgan fingerprint density at radius 3 is 2.67 bits per heavy atom. The number of amides is 3. The largest absolute Gasteiger partial charge is 0.309 e. The summed E-state index contributed by atoms with van der Waals surface area (Å²) in [5.41, 5.74) is 0.125. The molecule has 0 aromatic heterocycles. The van der Waals surface area contributed by atoms with Crippen molar-refractivity contribution in [3.63, 3.8) is 0 Å². The number of hydrogen-bond donors (Lipinski definition) is 1. The molecule has 1 atom stereocenters. The number of benzene rings is 1. The zero-order valence-electron chi connectivity index (χ0n) is 11.0. The van der Waals surface area contributed by atoms with Gasteiger partial charge in [0.2, 0.25) is 17.7 Å². The van der Waals surface area contributed by atoms with Crippen LogP contribution >= 0.6 is 0 Å². The molecule has 2 aliphatic rings. The number of fused-ring (bicyclic) bond motifs is 1. The summed E-state index contributed by atoms with van der Waals surface area (Å²) in [4.78, 5) is 35.9. The average Bonchev–Trinajstić information content (AvgIpc) is 2.99. The van der Waals surface area contributed by atoms with Crippen molar-refractivity contribution >= 4 is 23.4 Å². The molecule has 2 heterocycles. The predicted molar refractivity (Wildman–Crippen MR) is 68.3 cm³/mol. The maximum atomic E-state index is 13.8. The summed E-state index contributed by atoms with van der Waals surface area (Å²) in [5, 5.41) is 2.12. The van der Waals surface area contributed by atoms with E-state index in [0.717, 1.165) is 17.0 Å². The number of hydrogen-bond acceptors (Lipinski definition) is 3. The van der Waals surface area contributed by atoms with Crippen LogP contribution in [-0.4, -0.2) is 24.3 Å². The van der Waals surface area contributed by atoms with Crippen LogP contribution in [0.4, 0.5) is 14.5 Å². The number of imide groups is 1. The van der Waals surface area contributed by atoms with Crippen molar-refractivity contribution in [3.05, 3.63) is 29.3 Å². The average molecular weight is 294 g/mol. The smallest absolute Gasteiger partial charge is 0.230 e. The molecule has 5 nitrogen and oxygen atoms in total. The van der Waals surface area contributed by atoms with Gasteiger partial charge >= 0.3 is 0 Å². The molecule has 0 aliphatic carbocycles. The summed E-state index contributed by atoms with van der Waals surface area (Å²) >= 11 is 0. The van der Waals surface area contributed by atoms with E-state index in [4.69, 9.17) is 0 Å². The molecule has 1 aromatic carbocycles. The van der Waals surface area contributed by atoms with Crippen LogP contribution in [0.1, 0.15) is 18.4 Å². The Balaban J connectivity index is 1.81. The van der Waals surface area contributed by atoms with Crippen molar-refractivity contribution in [2.45, 2.75) is 19.3 Å². The molecule has 1 N–H and O–H groups in total. The lowest BCUT2D eigenvalue weighted by atomic mass is 10.0. The number of halogens is 2. The normalized spacial score (nSPS) is 20.7. The van der Waals surface area contributed by atoms with Crippen LogP contribution in [0.15, 0.2) is 12.1 Å². The molecule has 0 radical (unpaired) electrons. The van der Waals surface area contributed by atoms with Gasteiger partial charge in [-0.1, -0.05) is 0 Å². The van der Waals surface area contributed by atoms with Gasteiger partial charge in [0.25, 0.3) is 0 Å². The van der Waals surface area contributed by atoms with E-state index >= 15 is 0 Å². The molecule has 110 valence electrons. The highest BCUT2D eigenvalue weighted by Gasteiger charge is 2.36. The Morgan fingerprint density at radius 1 is 1.29 bits per heavy atom. The summed E-state index contributed by atoms with van der Waals surface area (Å²) in [5.74, 6) is -3.33. The maximum Gasteiger partial charge on any atom is 0.230 e. The molecule has 1 saturated heterocycles. The highest BCUT2D eigenvalue weighted by atomic mass is 19.1. The molecule has 0 spiro atoms. The molecule has 1 unspecified atom stereocenters. The lowest BCUT2D eigenvalue weighted by Crippen LogP contribution is -2.32. The van der Waals surface area contributed by atoms with E-state index < -0.39 is 35.3 Å². The summed E-state index contributed by atoms with van der Waals surface area (Å²) in [6, 6.07) is 2.01.